The van der Waals surface area contributed by atoms with Gasteiger partial charge in [0.1, 0.15) is 5.82 Å². The van der Waals surface area contributed by atoms with E-state index in [2.05, 4.69) is 53.0 Å². The van der Waals surface area contributed by atoms with E-state index in [-0.39, 0.29) is 4.90 Å². The quantitative estimate of drug-likeness (QED) is 0.320. The van der Waals surface area contributed by atoms with Gasteiger partial charge in [-0.2, -0.15) is 4.68 Å². The largest absolute Gasteiger partial charge is 0.327 e. The molecule has 0 atom stereocenters. The number of hydrogen-bond donors (Lipinski definition) is 0. The number of hydrogen-bond acceptors (Lipinski definition) is 7. The van der Waals surface area contributed by atoms with Gasteiger partial charge in [-0.15, -0.1) is 5.10 Å². The summed E-state index contributed by atoms with van der Waals surface area (Å²) in [7, 11) is -0.477. The first-order chi connectivity index (χ1) is 16.2. The van der Waals surface area contributed by atoms with Crippen molar-refractivity contribution in [1.29, 1.82) is 0 Å². The average Bonchev–Trinajstić information content (AvgIpc) is 3.42. The van der Waals surface area contributed by atoms with Gasteiger partial charge in [0.25, 0.3) is 0 Å². The van der Waals surface area contributed by atoms with Crippen molar-refractivity contribution in [3.63, 3.8) is 0 Å². The van der Waals surface area contributed by atoms with Crippen LogP contribution in [0.25, 0.3) is 16.7 Å². The van der Waals surface area contributed by atoms with Crippen LogP contribution in [0.4, 0.5) is 0 Å². The van der Waals surface area contributed by atoms with Crippen LogP contribution in [-0.4, -0.2) is 56.6 Å². The minimum absolute atomic E-state index is 0.235. The van der Waals surface area contributed by atoms with E-state index in [1.165, 1.54) is 35.7 Å². The highest BCUT2D eigenvalue weighted by Crippen LogP contribution is 2.27. The molecule has 0 spiro atoms. The van der Waals surface area contributed by atoms with Gasteiger partial charge in [-0.05, 0) is 58.7 Å². The monoisotopic (exact) mass is 499 g/mol. The molecule has 2 aromatic carbocycles. The summed E-state index contributed by atoms with van der Waals surface area (Å²) in [6, 6.07) is 13.4. The fraction of sp³-hybridized carbons (Fsp3) is 0.391. The third kappa shape index (κ3) is 4.73. The number of rotatable bonds is 9. The molecule has 4 rings (SSSR count). The maximum absolute atomic E-state index is 12.6. The molecular formula is C23H29N7O2S2. The van der Waals surface area contributed by atoms with Gasteiger partial charge in [0.05, 0.1) is 27.4 Å². The second-order valence-electron chi connectivity index (χ2n) is 8.53. The van der Waals surface area contributed by atoms with Crippen LogP contribution in [0.15, 0.2) is 52.5 Å². The Balaban J connectivity index is 1.63. The molecule has 180 valence electrons. The van der Waals surface area contributed by atoms with Gasteiger partial charge in [0.2, 0.25) is 15.2 Å². The Bertz CT molecular complexity index is 1390. The summed E-state index contributed by atoms with van der Waals surface area (Å²) >= 11 is 1.50. The first-order valence-electron chi connectivity index (χ1n) is 11.2. The molecule has 0 N–H and O–H groups in total. The number of thioether (sulfide) groups is 1. The van der Waals surface area contributed by atoms with Crippen molar-refractivity contribution in [2.45, 2.75) is 55.5 Å². The topological polar surface area (TPSA) is 98.8 Å². The zero-order valence-electron chi connectivity index (χ0n) is 20.0. The number of aromatic nitrogens is 6. The van der Waals surface area contributed by atoms with Crippen molar-refractivity contribution in [2.75, 3.05) is 14.1 Å². The zero-order valence-corrected chi connectivity index (χ0v) is 21.6. The standard InChI is InChI=1S/C23H29N7O2S2/c1-6-13-29-21-12-11-19(34(31,32)28(4)5)14-20(21)24-22(29)15-33-23-25-26-27-30(23)18-9-7-17(8-10-18)16(2)3/h7-12,14,16H,6,13,15H2,1-5H3. The smallest absolute Gasteiger partial charge is 0.242 e. The number of tetrazole rings is 1. The molecule has 0 aliphatic heterocycles. The van der Waals surface area contributed by atoms with Gasteiger partial charge in [0.15, 0.2) is 0 Å². The van der Waals surface area contributed by atoms with Crippen LogP contribution in [0.1, 0.15) is 44.5 Å². The molecule has 0 aliphatic carbocycles. The van der Waals surface area contributed by atoms with Gasteiger partial charge >= 0.3 is 0 Å². The van der Waals surface area contributed by atoms with Crippen molar-refractivity contribution < 1.29 is 8.42 Å². The van der Waals surface area contributed by atoms with E-state index < -0.39 is 10.0 Å². The summed E-state index contributed by atoms with van der Waals surface area (Å²) in [5.41, 5.74) is 3.74. The maximum Gasteiger partial charge on any atom is 0.242 e. The first kappa shape index (κ1) is 24.4. The Morgan fingerprint density at radius 3 is 2.47 bits per heavy atom. The molecule has 0 saturated heterocycles. The average molecular weight is 500 g/mol. The Labute approximate surface area is 204 Å². The molecule has 2 heterocycles. The summed E-state index contributed by atoms with van der Waals surface area (Å²) in [5.74, 6) is 1.86. The van der Waals surface area contributed by atoms with Crippen LogP contribution < -0.4 is 0 Å². The van der Waals surface area contributed by atoms with Crippen LogP contribution in [0.2, 0.25) is 0 Å². The molecule has 4 aromatic rings. The third-order valence-electron chi connectivity index (χ3n) is 5.60. The minimum atomic E-state index is -3.53. The number of aryl methyl sites for hydroxylation is 1. The van der Waals surface area contributed by atoms with Crippen LogP contribution in [-0.2, 0) is 22.3 Å². The van der Waals surface area contributed by atoms with E-state index >= 15 is 0 Å². The second-order valence-corrected chi connectivity index (χ2v) is 11.6. The molecule has 34 heavy (non-hydrogen) atoms. The van der Waals surface area contributed by atoms with Crippen molar-refractivity contribution in [3.8, 4) is 5.69 Å². The van der Waals surface area contributed by atoms with Crippen molar-refractivity contribution >= 4 is 32.8 Å². The number of sulfonamides is 1. The molecular weight excluding hydrogens is 470 g/mol. The molecule has 9 nitrogen and oxygen atoms in total. The molecule has 11 heteroatoms. The van der Waals surface area contributed by atoms with Gasteiger partial charge in [-0.1, -0.05) is 44.7 Å². The normalized spacial score (nSPS) is 12.3. The van der Waals surface area contributed by atoms with E-state index in [9.17, 15) is 8.42 Å². The van der Waals surface area contributed by atoms with Crippen LogP contribution in [0.3, 0.4) is 0 Å². The molecule has 0 bridgehead atoms. The summed E-state index contributed by atoms with van der Waals surface area (Å²) in [5, 5.41) is 12.9. The van der Waals surface area contributed by atoms with Crippen molar-refractivity contribution in [2.24, 2.45) is 0 Å². The predicted octanol–water partition coefficient (Wildman–Crippen LogP) is 4.09. The SMILES string of the molecule is CCCn1c(CSc2nnnn2-c2ccc(C(C)C)cc2)nc2cc(S(=O)(=O)N(C)C)ccc21. The molecule has 0 fully saturated rings. The van der Waals surface area contributed by atoms with E-state index in [0.29, 0.717) is 22.3 Å². The lowest BCUT2D eigenvalue weighted by Crippen LogP contribution is -2.22. The van der Waals surface area contributed by atoms with Crippen molar-refractivity contribution in [1.82, 2.24) is 34.1 Å². The highest BCUT2D eigenvalue weighted by atomic mass is 32.2. The fourth-order valence-electron chi connectivity index (χ4n) is 3.67. The Morgan fingerprint density at radius 1 is 1.09 bits per heavy atom. The number of imidazole rings is 1. The zero-order chi connectivity index (χ0) is 24.5. The van der Waals surface area contributed by atoms with E-state index in [1.54, 1.807) is 16.8 Å². The van der Waals surface area contributed by atoms with Crippen molar-refractivity contribution in [3.05, 3.63) is 53.9 Å². The minimum Gasteiger partial charge on any atom is -0.327 e. The van der Waals surface area contributed by atoms with E-state index in [4.69, 9.17) is 4.98 Å². The van der Waals surface area contributed by atoms with Crippen LogP contribution in [0, 0.1) is 0 Å². The highest BCUT2D eigenvalue weighted by molar-refractivity contribution is 7.98. The molecule has 0 radical (unpaired) electrons. The third-order valence-corrected chi connectivity index (χ3v) is 8.33. The molecule has 0 saturated carbocycles. The fourth-order valence-corrected chi connectivity index (χ4v) is 5.43. The lowest BCUT2D eigenvalue weighted by molar-refractivity contribution is 0.521. The molecule has 2 aromatic heterocycles. The van der Waals surface area contributed by atoms with Gasteiger partial charge < -0.3 is 4.57 Å². The Hall–Kier alpha value is -2.76. The summed E-state index contributed by atoms with van der Waals surface area (Å²) in [6.07, 6.45) is 0.931. The molecule has 0 unspecified atom stereocenters. The van der Waals surface area contributed by atoms with Gasteiger partial charge in [0, 0.05) is 20.6 Å². The highest BCUT2D eigenvalue weighted by Gasteiger charge is 2.20. The summed E-state index contributed by atoms with van der Waals surface area (Å²) in [6.45, 7) is 7.21. The van der Waals surface area contributed by atoms with Gasteiger partial charge in [-0.3, -0.25) is 0 Å². The van der Waals surface area contributed by atoms with E-state index in [0.717, 1.165) is 30.0 Å². The Kier molecular flexibility index (Phi) is 7.06. The second kappa shape index (κ2) is 9.85. The number of fused-ring (bicyclic) bond motifs is 1. The summed E-state index contributed by atoms with van der Waals surface area (Å²) in [4.78, 5) is 5.01. The number of benzene rings is 2. The Morgan fingerprint density at radius 2 is 1.82 bits per heavy atom. The molecule has 0 amide bonds. The van der Waals surface area contributed by atoms with Crippen LogP contribution >= 0.6 is 11.8 Å². The summed E-state index contributed by atoms with van der Waals surface area (Å²) < 4.78 is 30.2. The lowest BCUT2D eigenvalue weighted by atomic mass is 10.0. The van der Waals surface area contributed by atoms with Gasteiger partial charge in [-0.25, -0.2) is 17.7 Å². The molecule has 0 aliphatic rings. The number of nitrogens with zero attached hydrogens (tertiary/aromatic N) is 7. The van der Waals surface area contributed by atoms with E-state index in [1.807, 2.05) is 18.2 Å². The maximum atomic E-state index is 12.6. The predicted molar refractivity (Wildman–Crippen MR) is 134 cm³/mol. The first-order valence-corrected chi connectivity index (χ1v) is 13.6. The lowest BCUT2D eigenvalue weighted by Gasteiger charge is -2.11. The van der Waals surface area contributed by atoms with Crippen LogP contribution in [0.5, 0.6) is 0 Å².